The number of hydrogen-bond donors (Lipinski definition) is 2. The topological polar surface area (TPSA) is 82.5 Å². The molecule has 2 fully saturated rings. The van der Waals surface area contributed by atoms with Gasteiger partial charge in [-0.1, -0.05) is 95.0 Å². The van der Waals surface area contributed by atoms with Crippen molar-refractivity contribution in [2.45, 2.75) is 84.3 Å². The fourth-order valence-electron chi connectivity index (χ4n) is 6.95. The van der Waals surface area contributed by atoms with Crippen molar-refractivity contribution in [2.75, 3.05) is 5.32 Å². The van der Waals surface area contributed by atoms with Crippen LogP contribution in [0.5, 0.6) is 0 Å². The minimum atomic E-state index is -0.961. The Balaban J connectivity index is 1.68. The molecule has 1 saturated carbocycles. The number of likely N-dealkylation sites (tertiary alicyclic amines) is 1. The van der Waals surface area contributed by atoms with Crippen LogP contribution in [-0.2, 0) is 16.0 Å². The van der Waals surface area contributed by atoms with Crippen LogP contribution in [0.15, 0.2) is 54.6 Å². The Morgan fingerprint density at radius 3 is 2.38 bits per heavy atom. The third-order valence-electron chi connectivity index (χ3n) is 8.81. The number of aryl methyl sites for hydroxylation is 1. The highest BCUT2D eigenvalue weighted by molar-refractivity contribution is 6.31. The van der Waals surface area contributed by atoms with Crippen molar-refractivity contribution in [3.8, 4) is 0 Å². The standard InChI is InChI=1S/C33H40ClN3O3/c1-5-20-18-23-16-17-24(34)19-25(23)35-30(20)36-27-26(33(2,3)4)29(32(39)40)37(28(27)21-12-8-6-9-13-21)31(38)22-14-10-7-11-15-22/h6,8-9,12-13,16-19,22,26-29H,5,7,10-11,14-15H2,1-4H3,(H,35,36)(H,39,40)/t26-,27-,28-,29-/m0/s1. The first-order valence-corrected chi connectivity index (χ1v) is 14.9. The van der Waals surface area contributed by atoms with Gasteiger partial charge in [-0.15, -0.1) is 0 Å². The molecule has 1 amide bonds. The van der Waals surface area contributed by atoms with Gasteiger partial charge in [0.25, 0.3) is 0 Å². The summed E-state index contributed by atoms with van der Waals surface area (Å²) in [5, 5.41) is 16.1. The van der Waals surface area contributed by atoms with Gasteiger partial charge in [0, 0.05) is 22.2 Å². The second kappa shape index (κ2) is 11.4. The molecule has 2 heterocycles. The highest BCUT2D eigenvalue weighted by Crippen LogP contribution is 2.50. The number of nitrogens with zero attached hydrogens (tertiary/aromatic N) is 2. The van der Waals surface area contributed by atoms with Crippen molar-refractivity contribution in [3.63, 3.8) is 0 Å². The number of benzene rings is 2. The number of carbonyl (C=O) groups is 2. The fraction of sp³-hybridized carbons (Fsp3) is 0.485. The predicted octanol–water partition coefficient (Wildman–Crippen LogP) is 7.51. The van der Waals surface area contributed by atoms with Gasteiger partial charge >= 0.3 is 5.97 Å². The SMILES string of the molecule is CCc1cc2ccc(Cl)cc2nc1N[C@H]1[C@H](C(C)(C)C)[C@@H](C(=O)O)N(C(=O)C2CCCCC2)[C@H]1c1ccccc1. The van der Waals surface area contributed by atoms with Gasteiger partial charge in [0.1, 0.15) is 11.9 Å². The van der Waals surface area contributed by atoms with Crippen LogP contribution < -0.4 is 5.32 Å². The number of aliphatic carboxylic acids is 1. The average Bonchev–Trinajstić information content (AvgIpc) is 3.29. The molecule has 4 atom stereocenters. The lowest BCUT2D eigenvalue weighted by atomic mass is 9.72. The number of carboxylic acid groups (broad SMARTS) is 1. The van der Waals surface area contributed by atoms with E-state index in [1.807, 2.05) is 48.5 Å². The lowest BCUT2D eigenvalue weighted by Gasteiger charge is -2.36. The third-order valence-corrected chi connectivity index (χ3v) is 9.05. The second-order valence-corrected chi connectivity index (χ2v) is 12.9. The summed E-state index contributed by atoms with van der Waals surface area (Å²) in [4.78, 5) is 34.1. The fourth-order valence-corrected chi connectivity index (χ4v) is 7.12. The molecule has 0 bridgehead atoms. The maximum atomic E-state index is 14.3. The molecule has 1 aliphatic carbocycles. The van der Waals surface area contributed by atoms with Gasteiger partial charge < -0.3 is 15.3 Å². The minimum Gasteiger partial charge on any atom is -0.480 e. The van der Waals surface area contributed by atoms with Gasteiger partial charge in [-0.2, -0.15) is 0 Å². The number of carboxylic acids is 1. The number of amides is 1. The first-order valence-electron chi connectivity index (χ1n) is 14.6. The number of fused-ring (bicyclic) bond motifs is 1. The smallest absolute Gasteiger partial charge is 0.326 e. The maximum Gasteiger partial charge on any atom is 0.326 e. The summed E-state index contributed by atoms with van der Waals surface area (Å²) in [6, 6.07) is 15.9. The lowest BCUT2D eigenvalue weighted by molar-refractivity contribution is -0.154. The first-order chi connectivity index (χ1) is 19.1. The van der Waals surface area contributed by atoms with Gasteiger partial charge in [-0.3, -0.25) is 4.79 Å². The quantitative estimate of drug-likeness (QED) is 0.325. The molecule has 2 aliphatic rings. The Kier molecular flexibility index (Phi) is 8.10. The van der Waals surface area contributed by atoms with E-state index >= 15 is 0 Å². The lowest BCUT2D eigenvalue weighted by Crippen LogP contribution is -2.49. The van der Waals surface area contributed by atoms with Crippen molar-refractivity contribution < 1.29 is 14.7 Å². The number of nitrogens with one attached hydrogen (secondary N) is 1. The van der Waals surface area contributed by atoms with Gasteiger partial charge in [0.05, 0.1) is 17.6 Å². The zero-order valence-corrected chi connectivity index (χ0v) is 24.6. The number of anilines is 1. The van der Waals surface area contributed by atoms with Crippen molar-refractivity contribution in [1.29, 1.82) is 0 Å². The Labute approximate surface area is 242 Å². The molecule has 1 aromatic heterocycles. The molecular weight excluding hydrogens is 522 g/mol. The Hall–Kier alpha value is -3.12. The van der Waals surface area contributed by atoms with Crippen LogP contribution in [0, 0.1) is 17.3 Å². The van der Waals surface area contributed by atoms with Crippen molar-refractivity contribution in [1.82, 2.24) is 9.88 Å². The number of hydrogen-bond acceptors (Lipinski definition) is 4. The zero-order chi connectivity index (χ0) is 28.6. The summed E-state index contributed by atoms with van der Waals surface area (Å²) < 4.78 is 0. The van der Waals surface area contributed by atoms with E-state index in [1.54, 1.807) is 4.90 Å². The van der Waals surface area contributed by atoms with Crippen LogP contribution in [0.1, 0.15) is 77.0 Å². The number of rotatable bonds is 6. The summed E-state index contributed by atoms with van der Waals surface area (Å²) in [6.07, 6.45) is 5.52. The molecule has 0 unspecified atom stereocenters. The van der Waals surface area contributed by atoms with Crippen molar-refractivity contribution in [3.05, 3.63) is 70.7 Å². The minimum absolute atomic E-state index is 0.0338. The molecule has 5 rings (SSSR count). The van der Waals surface area contributed by atoms with Crippen LogP contribution in [-0.4, -0.2) is 39.0 Å². The summed E-state index contributed by atoms with van der Waals surface area (Å²) >= 11 is 6.31. The summed E-state index contributed by atoms with van der Waals surface area (Å²) in [5.74, 6) is -0.789. The van der Waals surface area contributed by atoms with E-state index < -0.39 is 23.5 Å². The summed E-state index contributed by atoms with van der Waals surface area (Å²) in [6.45, 7) is 8.32. The van der Waals surface area contributed by atoms with Crippen LogP contribution in [0.25, 0.3) is 10.9 Å². The van der Waals surface area contributed by atoms with E-state index in [0.717, 1.165) is 60.6 Å². The van der Waals surface area contributed by atoms with Crippen molar-refractivity contribution >= 4 is 40.2 Å². The van der Waals surface area contributed by atoms with E-state index in [4.69, 9.17) is 16.6 Å². The molecule has 40 heavy (non-hydrogen) atoms. The van der Waals surface area contributed by atoms with Crippen LogP contribution in [0.2, 0.25) is 5.02 Å². The van der Waals surface area contributed by atoms with E-state index in [0.29, 0.717) is 10.8 Å². The summed E-state index contributed by atoms with van der Waals surface area (Å²) in [7, 11) is 0. The highest BCUT2D eigenvalue weighted by Gasteiger charge is 2.58. The molecule has 1 aliphatic heterocycles. The van der Waals surface area contributed by atoms with Crippen LogP contribution in [0.3, 0.4) is 0 Å². The van der Waals surface area contributed by atoms with E-state index in [1.165, 1.54) is 0 Å². The highest BCUT2D eigenvalue weighted by atomic mass is 35.5. The van der Waals surface area contributed by atoms with Crippen LogP contribution >= 0.6 is 11.6 Å². The Morgan fingerprint density at radius 2 is 1.75 bits per heavy atom. The Bertz CT molecular complexity index is 1380. The monoisotopic (exact) mass is 561 g/mol. The molecule has 212 valence electrons. The van der Waals surface area contributed by atoms with Crippen molar-refractivity contribution in [2.24, 2.45) is 17.3 Å². The number of pyridine rings is 1. The number of halogens is 1. The molecule has 0 radical (unpaired) electrons. The molecule has 0 spiro atoms. The largest absolute Gasteiger partial charge is 0.480 e. The number of carbonyl (C=O) groups excluding carboxylic acids is 1. The molecular formula is C33H40ClN3O3. The normalized spacial score (nSPS) is 23.9. The Morgan fingerprint density at radius 1 is 1.05 bits per heavy atom. The first kappa shape index (κ1) is 28.4. The van der Waals surface area contributed by atoms with E-state index in [-0.39, 0.29) is 23.8 Å². The second-order valence-electron chi connectivity index (χ2n) is 12.5. The van der Waals surface area contributed by atoms with Gasteiger partial charge in [-0.25, -0.2) is 9.78 Å². The molecule has 2 aromatic carbocycles. The molecule has 1 saturated heterocycles. The summed E-state index contributed by atoms with van der Waals surface area (Å²) in [5.41, 5.74) is 2.34. The van der Waals surface area contributed by atoms with Crippen LogP contribution in [0.4, 0.5) is 5.82 Å². The molecule has 2 N–H and O–H groups in total. The predicted molar refractivity (Wildman–Crippen MR) is 161 cm³/mol. The molecule has 7 heteroatoms. The third kappa shape index (κ3) is 5.43. The van der Waals surface area contributed by atoms with Gasteiger partial charge in [0.15, 0.2) is 0 Å². The number of aromatic nitrogens is 1. The van der Waals surface area contributed by atoms with Gasteiger partial charge in [-0.05, 0) is 54.0 Å². The molecule has 3 aromatic rings. The van der Waals surface area contributed by atoms with E-state index in [2.05, 4.69) is 39.1 Å². The maximum absolute atomic E-state index is 14.3. The van der Waals surface area contributed by atoms with Gasteiger partial charge in [0.2, 0.25) is 5.91 Å². The molecule has 6 nitrogen and oxygen atoms in total. The zero-order valence-electron chi connectivity index (χ0n) is 23.9. The average molecular weight is 562 g/mol. The van der Waals surface area contributed by atoms with E-state index in [9.17, 15) is 14.7 Å².